The van der Waals surface area contributed by atoms with Crippen molar-refractivity contribution in [2.75, 3.05) is 36.8 Å². The van der Waals surface area contributed by atoms with Crippen molar-refractivity contribution in [3.8, 4) is 6.07 Å². The molecule has 0 radical (unpaired) electrons. The fraction of sp³-hybridized carbons (Fsp3) is 0.500. The summed E-state index contributed by atoms with van der Waals surface area (Å²) in [4.78, 5) is 4.73. The highest BCUT2D eigenvalue weighted by Gasteiger charge is 2.20. The molecule has 0 aromatic heterocycles. The van der Waals surface area contributed by atoms with Gasteiger partial charge in [0, 0.05) is 32.2 Å². The average Bonchev–Trinajstić information content (AvgIpc) is 2.39. The van der Waals surface area contributed by atoms with Crippen LogP contribution in [0, 0.1) is 11.3 Å². The zero-order valence-corrected chi connectivity index (χ0v) is 11.1. The van der Waals surface area contributed by atoms with Crippen molar-refractivity contribution >= 4 is 11.4 Å². The second-order valence-electron chi connectivity index (χ2n) is 4.97. The van der Waals surface area contributed by atoms with Gasteiger partial charge in [-0.05, 0) is 26.0 Å². The van der Waals surface area contributed by atoms with Crippen LogP contribution in [0.15, 0.2) is 18.2 Å². The second kappa shape index (κ2) is 5.28. The molecule has 0 unspecified atom stereocenters. The van der Waals surface area contributed by atoms with Crippen LogP contribution in [0.2, 0.25) is 0 Å². The first-order chi connectivity index (χ1) is 8.63. The van der Waals surface area contributed by atoms with Gasteiger partial charge in [-0.25, -0.2) is 0 Å². The van der Waals surface area contributed by atoms with Crippen LogP contribution in [0.3, 0.4) is 0 Å². The third-order valence-corrected chi connectivity index (χ3v) is 3.59. The van der Waals surface area contributed by atoms with Crippen LogP contribution in [0.5, 0.6) is 0 Å². The van der Waals surface area contributed by atoms with E-state index in [1.54, 1.807) is 6.07 Å². The summed E-state index contributed by atoms with van der Waals surface area (Å²) in [5, 5.41) is 9.00. The number of nitrogen functional groups attached to an aromatic ring is 1. The lowest BCUT2D eigenvalue weighted by atomic mass is 10.1. The van der Waals surface area contributed by atoms with E-state index in [0.29, 0.717) is 17.3 Å². The number of hydrogen-bond acceptors (Lipinski definition) is 4. The normalized spacial score (nSPS) is 16.9. The lowest BCUT2D eigenvalue weighted by molar-refractivity contribution is 0.209. The molecule has 0 aliphatic carbocycles. The number of anilines is 2. The molecule has 0 atom stereocenters. The van der Waals surface area contributed by atoms with Crippen molar-refractivity contribution in [3.63, 3.8) is 0 Å². The lowest BCUT2D eigenvalue weighted by Crippen LogP contribution is -2.49. The Kier molecular flexibility index (Phi) is 3.73. The van der Waals surface area contributed by atoms with E-state index in [9.17, 15) is 0 Å². The standard InChI is InChI=1S/C14H20N4/c1-11(2)17-6-8-18(9-7-17)13-5-3-4-12(10-15)14(13)16/h3-5,11H,6-9,16H2,1-2H3. The van der Waals surface area contributed by atoms with Gasteiger partial charge in [0.2, 0.25) is 0 Å². The highest BCUT2D eigenvalue weighted by molar-refractivity contribution is 5.74. The van der Waals surface area contributed by atoms with Crippen molar-refractivity contribution in [1.82, 2.24) is 4.90 Å². The molecule has 1 aromatic carbocycles. The number of nitrogens with zero attached hydrogens (tertiary/aromatic N) is 3. The molecule has 96 valence electrons. The molecule has 1 heterocycles. The average molecular weight is 244 g/mol. The maximum Gasteiger partial charge on any atom is 0.101 e. The zero-order chi connectivity index (χ0) is 13.1. The Balaban J connectivity index is 2.13. The van der Waals surface area contributed by atoms with Gasteiger partial charge in [0.15, 0.2) is 0 Å². The smallest absolute Gasteiger partial charge is 0.101 e. The Morgan fingerprint density at radius 3 is 2.44 bits per heavy atom. The first-order valence-electron chi connectivity index (χ1n) is 6.41. The van der Waals surface area contributed by atoms with E-state index in [4.69, 9.17) is 11.0 Å². The van der Waals surface area contributed by atoms with E-state index in [0.717, 1.165) is 31.9 Å². The minimum atomic E-state index is 0.568. The summed E-state index contributed by atoms with van der Waals surface area (Å²) < 4.78 is 0. The molecule has 2 N–H and O–H groups in total. The van der Waals surface area contributed by atoms with Gasteiger partial charge in [0.25, 0.3) is 0 Å². The van der Waals surface area contributed by atoms with Gasteiger partial charge < -0.3 is 10.6 Å². The highest BCUT2D eigenvalue weighted by Crippen LogP contribution is 2.27. The van der Waals surface area contributed by atoms with Crippen LogP contribution < -0.4 is 10.6 Å². The number of nitrogens with two attached hydrogens (primary N) is 1. The van der Waals surface area contributed by atoms with Crippen LogP contribution in [0.4, 0.5) is 11.4 Å². The molecular formula is C14H20N4. The molecule has 1 fully saturated rings. The number of rotatable bonds is 2. The molecule has 2 rings (SSSR count). The van der Waals surface area contributed by atoms with Crippen LogP contribution in [-0.2, 0) is 0 Å². The molecule has 0 spiro atoms. The van der Waals surface area contributed by atoms with Crippen LogP contribution >= 0.6 is 0 Å². The zero-order valence-electron chi connectivity index (χ0n) is 11.1. The number of nitriles is 1. The van der Waals surface area contributed by atoms with E-state index in [1.807, 2.05) is 12.1 Å². The minimum Gasteiger partial charge on any atom is -0.396 e. The summed E-state index contributed by atoms with van der Waals surface area (Å²) in [5.41, 5.74) is 8.22. The van der Waals surface area contributed by atoms with E-state index in [2.05, 4.69) is 29.7 Å². The van der Waals surface area contributed by atoms with Gasteiger partial charge in [0.05, 0.1) is 16.9 Å². The fourth-order valence-corrected chi connectivity index (χ4v) is 2.41. The van der Waals surface area contributed by atoms with Crippen molar-refractivity contribution in [1.29, 1.82) is 5.26 Å². The van der Waals surface area contributed by atoms with Gasteiger partial charge >= 0.3 is 0 Å². The quantitative estimate of drug-likeness (QED) is 0.804. The van der Waals surface area contributed by atoms with Gasteiger partial charge in [-0.2, -0.15) is 5.26 Å². The molecule has 18 heavy (non-hydrogen) atoms. The van der Waals surface area contributed by atoms with Crippen molar-refractivity contribution in [2.24, 2.45) is 0 Å². The third kappa shape index (κ3) is 2.41. The van der Waals surface area contributed by atoms with E-state index in [-0.39, 0.29) is 0 Å². The number of para-hydroxylation sites is 1. The number of benzene rings is 1. The molecule has 0 bridgehead atoms. The summed E-state index contributed by atoms with van der Waals surface area (Å²) >= 11 is 0. The van der Waals surface area contributed by atoms with E-state index in [1.165, 1.54) is 0 Å². The summed E-state index contributed by atoms with van der Waals surface area (Å²) in [6.07, 6.45) is 0. The summed E-state index contributed by atoms with van der Waals surface area (Å²) in [7, 11) is 0. The van der Waals surface area contributed by atoms with Crippen molar-refractivity contribution in [3.05, 3.63) is 23.8 Å². The van der Waals surface area contributed by atoms with E-state index < -0.39 is 0 Å². The number of hydrogen-bond donors (Lipinski definition) is 1. The van der Waals surface area contributed by atoms with Gasteiger partial charge in [0.1, 0.15) is 6.07 Å². The first-order valence-corrected chi connectivity index (χ1v) is 6.41. The molecule has 0 saturated carbocycles. The predicted molar refractivity (Wildman–Crippen MR) is 74.5 cm³/mol. The molecular weight excluding hydrogens is 224 g/mol. The maximum absolute atomic E-state index is 9.00. The molecule has 1 aliphatic heterocycles. The Morgan fingerprint density at radius 1 is 1.22 bits per heavy atom. The third-order valence-electron chi connectivity index (χ3n) is 3.59. The largest absolute Gasteiger partial charge is 0.396 e. The van der Waals surface area contributed by atoms with Gasteiger partial charge in [-0.1, -0.05) is 6.07 Å². The maximum atomic E-state index is 9.00. The SMILES string of the molecule is CC(C)N1CCN(c2cccc(C#N)c2N)CC1. The van der Waals surface area contributed by atoms with Crippen molar-refractivity contribution in [2.45, 2.75) is 19.9 Å². The second-order valence-corrected chi connectivity index (χ2v) is 4.97. The lowest BCUT2D eigenvalue weighted by Gasteiger charge is -2.38. The topological polar surface area (TPSA) is 56.3 Å². The van der Waals surface area contributed by atoms with Crippen molar-refractivity contribution < 1.29 is 0 Å². The van der Waals surface area contributed by atoms with Gasteiger partial charge in [-0.15, -0.1) is 0 Å². The fourth-order valence-electron chi connectivity index (χ4n) is 2.41. The minimum absolute atomic E-state index is 0.568. The van der Waals surface area contributed by atoms with Crippen LogP contribution in [0.25, 0.3) is 0 Å². The Bertz CT molecular complexity index is 453. The Morgan fingerprint density at radius 2 is 1.89 bits per heavy atom. The number of piperazine rings is 1. The first kappa shape index (κ1) is 12.7. The van der Waals surface area contributed by atoms with Gasteiger partial charge in [-0.3, -0.25) is 4.90 Å². The molecule has 4 heteroatoms. The highest BCUT2D eigenvalue weighted by atomic mass is 15.3. The molecule has 1 saturated heterocycles. The monoisotopic (exact) mass is 244 g/mol. The predicted octanol–water partition coefficient (Wildman–Crippen LogP) is 1.67. The Hall–Kier alpha value is -1.73. The summed E-state index contributed by atoms with van der Waals surface area (Å²) in [6, 6.07) is 8.40. The van der Waals surface area contributed by atoms with Crippen LogP contribution in [-0.4, -0.2) is 37.1 Å². The Labute approximate surface area is 109 Å². The summed E-state index contributed by atoms with van der Waals surface area (Å²) in [5.74, 6) is 0. The molecule has 1 aromatic rings. The molecule has 0 amide bonds. The molecule has 1 aliphatic rings. The summed E-state index contributed by atoms with van der Waals surface area (Å²) in [6.45, 7) is 8.48. The van der Waals surface area contributed by atoms with E-state index >= 15 is 0 Å². The van der Waals surface area contributed by atoms with Crippen LogP contribution in [0.1, 0.15) is 19.4 Å². The molecule has 4 nitrogen and oxygen atoms in total.